The highest BCUT2D eigenvalue weighted by Gasteiger charge is 2.08. The molecule has 8 nitrogen and oxygen atoms in total. The van der Waals surface area contributed by atoms with Crippen LogP contribution in [0, 0.1) is 10.1 Å². The van der Waals surface area contributed by atoms with Gasteiger partial charge in [0, 0.05) is 23.4 Å². The second kappa shape index (κ2) is 6.69. The quantitative estimate of drug-likeness (QED) is 0.574. The van der Waals surface area contributed by atoms with Crippen molar-refractivity contribution in [2.75, 3.05) is 5.32 Å². The second-order valence-electron chi connectivity index (χ2n) is 5.05. The summed E-state index contributed by atoms with van der Waals surface area (Å²) in [5.74, 6) is -0.281. The molecule has 0 aliphatic heterocycles. The monoisotopic (exact) mass is 323 g/mol. The summed E-state index contributed by atoms with van der Waals surface area (Å²) in [4.78, 5) is 26.2. The lowest BCUT2D eigenvalue weighted by Crippen LogP contribution is -2.12. The molecule has 1 amide bonds. The van der Waals surface area contributed by atoms with Gasteiger partial charge < -0.3 is 5.32 Å². The standard InChI is InChI=1S/C16H13N5O3/c22-16(19-14-5-7-15(8-6-14)21(23)24)13-3-1-12(2-4-13)9-20-11-17-10-18-20/h1-8,10-11H,9H2,(H,19,22). The third kappa shape index (κ3) is 3.61. The molecule has 0 atom stereocenters. The van der Waals surface area contributed by atoms with Crippen molar-refractivity contribution in [3.63, 3.8) is 0 Å². The Hall–Kier alpha value is -3.55. The number of carbonyl (C=O) groups excluding carboxylic acids is 1. The fourth-order valence-electron chi connectivity index (χ4n) is 2.13. The SMILES string of the molecule is O=C(Nc1ccc([N+](=O)[O-])cc1)c1ccc(Cn2cncn2)cc1. The third-order valence-corrected chi connectivity index (χ3v) is 3.36. The molecule has 1 aromatic heterocycles. The number of rotatable bonds is 5. The van der Waals surface area contributed by atoms with Crippen LogP contribution in [0.25, 0.3) is 0 Å². The first-order chi connectivity index (χ1) is 11.6. The van der Waals surface area contributed by atoms with E-state index in [1.54, 1.807) is 23.1 Å². The van der Waals surface area contributed by atoms with Gasteiger partial charge in [-0.1, -0.05) is 12.1 Å². The van der Waals surface area contributed by atoms with Crippen molar-refractivity contribution in [1.29, 1.82) is 0 Å². The van der Waals surface area contributed by atoms with Crippen LogP contribution in [-0.4, -0.2) is 25.6 Å². The van der Waals surface area contributed by atoms with E-state index in [0.29, 0.717) is 17.8 Å². The van der Waals surface area contributed by atoms with Crippen LogP contribution in [0.15, 0.2) is 61.2 Å². The average Bonchev–Trinajstić information content (AvgIpc) is 3.09. The molecule has 3 aromatic rings. The maximum Gasteiger partial charge on any atom is 0.269 e. The maximum atomic E-state index is 12.2. The first-order valence-electron chi connectivity index (χ1n) is 7.09. The molecule has 0 saturated carbocycles. The largest absolute Gasteiger partial charge is 0.322 e. The molecule has 0 spiro atoms. The zero-order valence-electron chi connectivity index (χ0n) is 12.5. The van der Waals surface area contributed by atoms with Crippen molar-refractivity contribution in [1.82, 2.24) is 14.8 Å². The van der Waals surface area contributed by atoms with Gasteiger partial charge in [0.25, 0.3) is 11.6 Å². The smallest absolute Gasteiger partial charge is 0.269 e. The molecule has 0 saturated heterocycles. The molecule has 8 heteroatoms. The molecule has 1 N–H and O–H groups in total. The molecule has 120 valence electrons. The number of nitro groups is 1. The lowest BCUT2D eigenvalue weighted by atomic mass is 10.1. The van der Waals surface area contributed by atoms with Crippen LogP contribution in [0.4, 0.5) is 11.4 Å². The van der Waals surface area contributed by atoms with E-state index < -0.39 is 4.92 Å². The number of nitrogens with zero attached hydrogens (tertiary/aromatic N) is 4. The first kappa shape index (κ1) is 15.3. The van der Waals surface area contributed by atoms with Crippen LogP contribution < -0.4 is 5.32 Å². The number of carbonyl (C=O) groups is 1. The summed E-state index contributed by atoms with van der Waals surface area (Å²) in [6.45, 7) is 0.574. The van der Waals surface area contributed by atoms with Crippen molar-refractivity contribution < 1.29 is 9.72 Å². The molecule has 0 unspecified atom stereocenters. The van der Waals surface area contributed by atoms with Gasteiger partial charge in [-0.2, -0.15) is 5.10 Å². The van der Waals surface area contributed by atoms with Crippen molar-refractivity contribution in [2.45, 2.75) is 6.54 Å². The molecular weight excluding hydrogens is 310 g/mol. The van der Waals surface area contributed by atoms with Crippen molar-refractivity contribution in [2.24, 2.45) is 0 Å². The van der Waals surface area contributed by atoms with E-state index in [4.69, 9.17) is 0 Å². The molecule has 0 radical (unpaired) electrons. The average molecular weight is 323 g/mol. The van der Waals surface area contributed by atoms with E-state index >= 15 is 0 Å². The van der Waals surface area contributed by atoms with Gasteiger partial charge in [-0.05, 0) is 29.8 Å². The van der Waals surface area contributed by atoms with E-state index in [1.807, 2.05) is 12.1 Å². The van der Waals surface area contributed by atoms with E-state index in [0.717, 1.165) is 5.56 Å². The number of anilines is 1. The van der Waals surface area contributed by atoms with E-state index in [9.17, 15) is 14.9 Å². The Kier molecular flexibility index (Phi) is 4.28. The van der Waals surface area contributed by atoms with E-state index in [-0.39, 0.29) is 11.6 Å². The summed E-state index contributed by atoms with van der Waals surface area (Å²) in [6, 6.07) is 12.8. The number of amides is 1. The summed E-state index contributed by atoms with van der Waals surface area (Å²) in [6.07, 6.45) is 3.08. The molecule has 1 heterocycles. The van der Waals surface area contributed by atoms with Gasteiger partial charge >= 0.3 is 0 Å². The number of non-ortho nitro benzene ring substituents is 1. The summed E-state index contributed by atoms with van der Waals surface area (Å²) < 4.78 is 1.69. The minimum Gasteiger partial charge on any atom is -0.322 e. The van der Waals surface area contributed by atoms with Crippen molar-refractivity contribution >= 4 is 17.3 Å². The van der Waals surface area contributed by atoms with Gasteiger partial charge in [0.1, 0.15) is 12.7 Å². The molecule has 0 fully saturated rings. The van der Waals surface area contributed by atoms with Crippen LogP contribution in [0.1, 0.15) is 15.9 Å². The van der Waals surface area contributed by atoms with Gasteiger partial charge in [0.2, 0.25) is 0 Å². The molecular formula is C16H13N5O3. The molecule has 24 heavy (non-hydrogen) atoms. The number of nitrogens with one attached hydrogen (secondary N) is 1. The Morgan fingerprint density at radius 3 is 2.42 bits per heavy atom. The van der Waals surface area contributed by atoms with Gasteiger partial charge in [-0.3, -0.25) is 14.9 Å². The topological polar surface area (TPSA) is 103 Å². The zero-order valence-corrected chi connectivity index (χ0v) is 12.5. The second-order valence-corrected chi connectivity index (χ2v) is 5.05. The zero-order chi connectivity index (χ0) is 16.9. The van der Waals surface area contributed by atoms with Gasteiger partial charge in [-0.25, -0.2) is 9.67 Å². The summed E-state index contributed by atoms with van der Waals surface area (Å²) >= 11 is 0. The Balaban J connectivity index is 1.65. The summed E-state index contributed by atoms with van der Waals surface area (Å²) in [7, 11) is 0. The number of aromatic nitrogens is 3. The predicted octanol–water partition coefficient (Wildman–Crippen LogP) is 2.49. The fourth-order valence-corrected chi connectivity index (χ4v) is 2.13. The van der Waals surface area contributed by atoms with Gasteiger partial charge in [0.15, 0.2) is 0 Å². The highest BCUT2D eigenvalue weighted by atomic mass is 16.6. The first-order valence-corrected chi connectivity index (χ1v) is 7.09. The highest BCUT2D eigenvalue weighted by Crippen LogP contribution is 2.16. The maximum absolute atomic E-state index is 12.2. The Morgan fingerprint density at radius 1 is 1.12 bits per heavy atom. The molecule has 3 rings (SSSR count). The number of benzene rings is 2. The number of hydrogen-bond donors (Lipinski definition) is 1. The van der Waals surface area contributed by atoms with Crippen LogP contribution >= 0.6 is 0 Å². The van der Waals surface area contributed by atoms with Gasteiger partial charge in [0.05, 0.1) is 11.5 Å². The minimum absolute atomic E-state index is 0.0227. The summed E-state index contributed by atoms with van der Waals surface area (Å²) in [5.41, 5.74) is 1.96. The Labute approximate surface area is 136 Å². The molecule has 0 aliphatic rings. The highest BCUT2D eigenvalue weighted by molar-refractivity contribution is 6.04. The third-order valence-electron chi connectivity index (χ3n) is 3.36. The van der Waals surface area contributed by atoms with Crippen LogP contribution in [0.3, 0.4) is 0 Å². The molecule has 0 aliphatic carbocycles. The minimum atomic E-state index is -0.487. The molecule has 0 bridgehead atoms. The van der Waals surface area contributed by atoms with Crippen molar-refractivity contribution in [3.05, 3.63) is 82.4 Å². The molecule has 2 aromatic carbocycles. The predicted molar refractivity (Wildman–Crippen MR) is 86.6 cm³/mol. The lowest BCUT2D eigenvalue weighted by molar-refractivity contribution is -0.384. The Bertz CT molecular complexity index is 842. The lowest BCUT2D eigenvalue weighted by Gasteiger charge is -2.06. The number of nitro benzene ring substituents is 1. The van der Waals surface area contributed by atoms with E-state index in [1.165, 1.54) is 30.6 Å². The number of hydrogen-bond acceptors (Lipinski definition) is 5. The fraction of sp³-hybridized carbons (Fsp3) is 0.0625. The normalized spacial score (nSPS) is 10.3. The van der Waals surface area contributed by atoms with Gasteiger partial charge in [-0.15, -0.1) is 0 Å². The van der Waals surface area contributed by atoms with Crippen LogP contribution in [0.2, 0.25) is 0 Å². The van der Waals surface area contributed by atoms with Crippen molar-refractivity contribution in [3.8, 4) is 0 Å². The Morgan fingerprint density at radius 2 is 1.83 bits per heavy atom. The van der Waals surface area contributed by atoms with Crippen LogP contribution in [0.5, 0.6) is 0 Å². The van der Waals surface area contributed by atoms with Crippen LogP contribution in [-0.2, 0) is 6.54 Å². The van der Waals surface area contributed by atoms with E-state index in [2.05, 4.69) is 15.4 Å². The summed E-state index contributed by atoms with van der Waals surface area (Å²) in [5, 5.41) is 17.3.